The Morgan fingerprint density at radius 2 is 2.25 bits per heavy atom. The number of aromatic amines is 1. The van der Waals surface area contributed by atoms with Gasteiger partial charge in [-0.25, -0.2) is 0 Å². The third-order valence-corrected chi connectivity index (χ3v) is 2.84. The van der Waals surface area contributed by atoms with Crippen LogP contribution in [-0.4, -0.2) is 41.5 Å². The second-order valence-corrected chi connectivity index (χ2v) is 4.16. The van der Waals surface area contributed by atoms with Crippen LogP contribution in [0.5, 0.6) is 0 Å². The lowest BCUT2D eigenvalue weighted by molar-refractivity contribution is 0.0708. The Labute approximate surface area is 102 Å². The van der Waals surface area contributed by atoms with Gasteiger partial charge in [0.05, 0.1) is 5.56 Å². The zero-order valence-corrected chi connectivity index (χ0v) is 10.4. The van der Waals surface area contributed by atoms with E-state index in [1.54, 1.807) is 6.20 Å². The average Bonchev–Trinajstić information content (AvgIpc) is 2.63. The van der Waals surface area contributed by atoms with Gasteiger partial charge in [-0.1, -0.05) is 0 Å². The summed E-state index contributed by atoms with van der Waals surface area (Å²) in [7, 11) is 0. The molecule has 0 spiro atoms. The fourth-order valence-electron chi connectivity index (χ4n) is 1.96. The van der Waals surface area contributed by atoms with E-state index in [9.17, 15) is 4.79 Å². The summed E-state index contributed by atoms with van der Waals surface area (Å²) in [4.78, 5) is 17.0. The zero-order valence-electron chi connectivity index (χ0n) is 9.62. The van der Waals surface area contributed by atoms with Crippen molar-refractivity contribution in [2.75, 3.05) is 19.6 Å². The number of piperazine rings is 1. The Morgan fingerprint density at radius 3 is 2.81 bits per heavy atom. The van der Waals surface area contributed by atoms with Crippen molar-refractivity contribution in [3.63, 3.8) is 0 Å². The fraction of sp³-hybridized carbons (Fsp3) is 0.545. The van der Waals surface area contributed by atoms with E-state index in [4.69, 9.17) is 0 Å². The Bertz CT molecular complexity index is 364. The second kappa shape index (κ2) is 5.37. The molecule has 0 saturated carbocycles. The quantitative estimate of drug-likeness (QED) is 0.778. The van der Waals surface area contributed by atoms with E-state index in [1.165, 1.54) is 0 Å². The van der Waals surface area contributed by atoms with Gasteiger partial charge in [-0.05, 0) is 19.4 Å². The summed E-state index contributed by atoms with van der Waals surface area (Å²) in [6, 6.07) is 0.391. The topological polar surface area (TPSA) is 48.1 Å². The number of hydrogen-bond donors (Lipinski definition) is 2. The highest BCUT2D eigenvalue weighted by molar-refractivity contribution is 5.95. The molecule has 0 aliphatic carbocycles. The van der Waals surface area contributed by atoms with Crippen LogP contribution < -0.4 is 5.32 Å². The van der Waals surface area contributed by atoms with Crippen molar-refractivity contribution < 1.29 is 4.79 Å². The van der Waals surface area contributed by atoms with Crippen LogP contribution in [0.15, 0.2) is 12.4 Å². The van der Waals surface area contributed by atoms with E-state index in [0.717, 1.165) is 30.8 Å². The molecule has 0 aromatic carbocycles. The summed E-state index contributed by atoms with van der Waals surface area (Å²) in [6.07, 6.45) is 3.64. The molecule has 1 saturated heterocycles. The van der Waals surface area contributed by atoms with Crippen molar-refractivity contribution >= 4 is 18.3 Å². The molecule has 1 aliphatic rings. The molecule has 2 rings (SSSR count). The molecule has 1 aliphatic heterocycles. The van der Waals surface area contributed by atoms with Crippen molar-refractivity contribution in [3.8, 4) is 0 Å². The minimum absolute atomic E-state index is 0. The van der Waals surface area contributed by atoms with E-state index in [2.05, 4.69) is 17.2 Å². The van der Waals surface area contributed by atoms with Gasteiger partial charge in [-0.3, -0.25) is 4.79 Å². The van der Waals surface area contributed by atoms with Gasteiger partial charge in [0.1, 0.15) is 0 Å². The molecule has 2 heterocycles. The van der Waals surface area contributed by atoms with Gasteiger partial charge in [-0.2, -0.15) is 0 Å². The van der Waals surface area contributed by atoms with Crippen molar-refractivity contribution in [2.45, 2.75) is 19.9 Å². The number of nitrogens with zero attached hydrogens (tertiary/aromatic N) is 1. The predicted molar refractivity (Wildman–Crippen MR) is 66.1 cm³/mol. The average molecular weight is 244 g/mol. The summed E-state index contributed by atoms with van der Waals surface area (Å²) in [5, 5.41) is 3.33. The maximum absolute atomic E-state index is 12.1. The fourth-order valence-corrected chi connectivity index (χ4v) is 1.96. The van der Waals surface area contributed by atoms with E-state index < -0.39 is 0 Å². The Morgan fingerprint density at radius 1 is 1.50 bits per heavy atom. The van der Waals surface area contributed by atoms with E-state index in [0.29, 0.717) is 6.04 Å². The van der Waals surface area contributed by atoms with Gasteiger partial charge < -0.3 is 15.2 Å². The summed E-state index contributed by atoms with van der Waals surface area (Å²) < 4.78 is 0. The number of hydrogen-bond acceptors (Lipinski definition) is 2. The van der Waals surface area contributed by atoms with Gasteiger partial charge in [-0.15, -0.1) is 12.4 Å². The molecule has 2 N–H and O–H groups in total. The molecular weight excluding hydrogens is 226 g/mol. The minimum atomic E-state index is 0. The minimum Gasteiger partial charge on any atom is -0.367 e. The lowest BCUT2D eigenvalue weighted by Crippen LogP contribution is -2.51. The molecule has 90 valence electrons. The third kappa shape index (κ3) is 2.57. The number of H-pyrrole nitrogens is 1. The van der Waals surface area contributed by atoms with Gasteiger partial charge in [0, 0.05) is 38.1 Å². The first-order chi connectivity index (χ1) is 7.18. The molecular formula is C11H18ClN3O. The Kier molecular flexibility index (Phi) is 4.38. The van der Waals surface area contributed by atoms with Crippen LogP contribution in [0.3, 0.4) is 0 Å². The molecule has 1 fully saturated rings. The van der Waals surface area contributed by atoms with Crippen LogP contribution in [0.4, 0.5) is 0 Å². The smallest absolute Gasteiger partial charge is 0.255 e. The number of amides is 1. The third-order valence-electron chi connectivity index (χ3n) is 2.84. The maximum Gasteiger partial charge on any atom is 0.255 e. The number of rotatable bonds is 1. The largest absolute Gasteiger partial charge is 0.367 e. The van der Waals surface area contributed by atoms with Crippen LogP contribution >= 0.6 is 12.4 Å². The Hall–Kier alpha value is -1.00. The molecule has 0 unspecified atom stereocenters. The number of aryl methyl sites for hydroxylation is 1. The van der Waals surface area contributed by atoms with Crippen molar-refractivity contribution in [2.24, 2.45) is 0 Å². The summed E-state index contributed by atoms with van der Waals surface area (Å²) in [5.41, 5.74) is 1.82. The molecule has 5 heteroatoms. The summed E-state index contributed by atoms with van der Waals surface area (Å²) >= 11 is 0. The zero-order chi connectivity index (χ0) is 10.8. The number of nitrogens with one attached hydrogen (secondary N) is 2. The molecule has 1 atom stereocenters. The lowest BCUT2D eigenvalue weighted by atomic mass is 10.1. The highest BCUT2D eigenvalue weighted by Gasteiger charge is 2.22. The highest BCUT2D eigenvalue weighted by Crippen LogP contribution is 2.11. The summed E-state index contributed by atoms with van der Waals surface area (Å²) in [5.74, 6) is 0.141. The van der Waals surface area contributed by atoms with Crippen LogP contribution in [0, 0.1) is 6.92 Å². The van der Waals surface area contributed by atoms with E-state index in [1.807, 2.05) is 18.0 Å². The van der Waals surface area contributed by atoms with E-state index >= 15 is 0 Å². The highest BCUT2D eigenvalue weighted by atomic mass is 35.5. The first kappa shape index (κ1) is 13.1. The molecule has 1 aromatic rings. The SMILES string of the molecule is Cc1c[nH]cc1C(=O)N1CCN[C@H](C)C1.Cl. The van der Waals surface area contributed by atoms with E-state index in [-0.39, 0.29) is 18.3 Å². The lowest BCUT2D eigenvalue weighted by Gasteiger charge is -2.31. The monoisotopic (exact) mass is 243 g/mol. The van der Waals surface area contributed by atoms with Crippen LogP contribution in [0.25, 0.3) is 0 Å². The standard InChI is InChI=1S/C11H17N3O.ClH/c1-8-5-12-6-10(8)11(15)14-4-3-13-9(2)7-14;/h5-6,9,12-13H,3-4,7H2,1-2H3;1H/t9-;/m1./s1. The number of aromatic nitrogens is 1. The van der Waals surface area contributed by atoms with Crippen molar-refractivity contribution in [1.82, 2.24) is 15.2 Å². The normalized spacial score (nSPS) is 20.4. The van der Waals surface area contributed by atoms with Crippen LogP contribution in [0.1, 0.15) is 22.8 Å². The van der Waals surface area contributed by atoms with Gasteiger partial charge in [0.2, 0.25) is 0 Å². The second-order valence-electron chi connectivity index (χ2n) is 4.16. The van der Waals surface area contributed by atoms with Gasteiger partial charge in [0.25, 0.3) is 5.91 Å². The first-order valence-corrected chi connectivity index (χ1v) is 5.34. The van der Waals surface area contributed by atoms with Crippen molar-refractivity contribution in [3.05, 3.63) is 23.5 Å². The molecule has 0 radical (unpaired) electrons. The van der Waals surface area contributed by atoms with Gasteiger partial charge in [0.15, 0.2) is 0 Å². The number of carbonyl (C=O) groups is 1. The molecule has 0 bridgehead atoms. The van der Waals surface area contributed by atoms with Crippen LogP contribution in [0.2, 0.25) is 0 Å². The molecule has 1 aromatic heterocycles. The Balaban J connectivity index is 0.00000128. The summed E-state index contributed by atoms with van der Waals surface area (Å²) in [6.45, 7) is 6.53. The van der Waals surface area contributed by atoms with Gasteiger partial charge >= 0.3 is 0 Å². The molecule has 4 nitrogen and oxygen atoms in total. The predicted octanol–water partition coefficient (Wildman–Crippen LogP) is 1.18. The number of halogens is 1. The first-order valence-electron chi connectivity index (χ1n) is 5.34. The van der Waals surface area contributed by atoms with Crippen molar-refractivity contribution in [1.29, 1.82) is 0 Å². The maximum atomic E-state index is 12.1. The molecule has 1 amide bonds. The molecule has 16 heavy (non-hydrogen) atoms. The number of carbonyl (C=O) groups excluding carboxylic acids is 1. The van der Waals surface area contributed by atoms with Crippen LogP contribution in [-0.2, 0) is 0 Å².